The van der Waals surface area contributed by atoms with E-state index in [2.05, 4.69) is 27.9 Å². The van der Waals surface area contributed by atoms with Crippen molar-refractivity contribution < 1.29 is 4.79 Å². The molecule has 0 spiro atoms. The van der Waals surface area contributed by atoms with Crippen LogP contribution in [0.1, 0.15) is 29.4 Å². The molecule has 2 rings (SSSR count). The van der Waals surface area contributed by atoms with E-state index in [1.807, 2.05) is 31.2 Å². The Hall–Kier alpha value is -1.92. The van der Waals surface area contributed by atoms with Gasteiger partial charge in [-0.3, -0.25) is 4.79 Å². The smallest absolute Gasteiger partial charge is 0.273 e. The van der Waals surface area contributed by atoms with Crippen molar-refractivity contribution in [3.05, 3.63) is 41.7 Å². The third-order valence-electron chi connectivity index (χ3n) is 3.04. The predicted molar refractivity (Wildman–Crippen MR) is 88.8 cm³/mol. The van der Waals surface area contributed by atoms with Crippen LogP contribution in [0.3, 0.4) is 0 Å². The van der Waals surface area contributed by atoms with E-state index < -0.39 is 0 Å². The monoisotopic (exact) mass is 323 g/mol. The zero-order valence-corrected chi connectivity index (χ0v) is 13.7. The SMILES string of the molecule is CCCNCCNC(=O)c1cn(-c2ccc(C)cc2)nn1.Cl. The fraction of sp³-hybridized carbons (Fsp3) is 0.400. The van der Waals surface area contributed by atoms with Gasteiger partial charge in [0.15, 0.2) is 5.69 Å². The Balaban J connectivity index is 0.00000242. The van der Waals surface area contributed by atoms with Gasteiger partial charge in [-0.25, -0.2) is 4.68 Å². The molecule has 1 aromatic carbocycles. The van der Waals surface area contributed by atoms with Crippen molar-refractivity contribution in [3.63, 3.8) is 0 Å². The summed E-state index contributed by atoms with van der Waals surface area (Å²) in [5.74, 6) is -0.202. The second kappa shape index (κ2) is 9.17. The highest BCUT2D eigenvalue weighted by atomic mass is 35.5. The molecule has 0 fully saturated rings. The van der Waals surface area contributed by atoms with Crippen LogP contribution >= 0.6 is 12.4 Å². The fourth-order valence-corrected chi connectivity index (χ4v) is 1.85. The molecule has 0 unspecified atom stereocenters. The number of nitrogens with one attached hydrogen (secondary N) is 2. The maximum atomic E-state index is 11.9. The van der Waals surface area contributed by atoms with E-state index in [0.29, 0.717) is 12.2 Å². The van der Waals surface area contributed by atoms with E-state index >= 15 is 0 Å². The number of carbonyl (C=O) groups is 1. The Morgan fingerprint density at radius 1 is 1.18 bits per heavy atom. The van der Waals surface area contributed by atoms with Gasteiger partial charge >= 0.3 is 0 Å². The zero-order valence-electron chi connectivity index (χ0n) is 12.9. The first kappa shape index (κ1) is 18.1. The lowest BCUT2D eigenvalue weighted by atomic mass is 10.2. The summed E-state index contributed by atoms with van der Waals surface area (Å²) in [7, 11) is 0. The highest BCUT2D eigenvalue weighted by Crippen LogP contribution is 2.08. The van der Waals surface area contributed by atoms with Crippen LogP contribution in [0.25, 0.3) is 5.69 Å². The molecule has 0 aliphatic rings. The van der Waals surface area contributed by atoms with Gasteiger partial charge in [0.05, 0.1) is 11.9 Å². The van der Waals surface area contributed by atoms with Gasteiger partial charge in [0.25, 0.3) is 5.91 Å². The number of amides is 1. The second-order valence-electron chi connectivity index (χ2n) is 4.89. The number of aromatic nitrogens is 3. The van der Waals surface area contributed by atoms with Crippen LogP contribution in [-0.2, 0) is 0 Å². The molecule has 7 heteroatoms. The minimum absolute atomic E-state index is 0. The van der Waals surface area contributed by atoms with E-state index in [-0.39, 0.29) is 18.3 Å². The van der Waals surface area contributed by atoms with Gasteiger partial charge in [-0.05, 0) is 32.0 Å². The normalized spacial score (nSPS) is 10.1. The minimum atomic E-state index is -0.202. The molecule has 1 aromatic heterocycles. The summed E-state index contributed by atoms with van der Waals surface area (Å²) in [6.45, 7) is 6.42. The Morgan fingerprint density at radius 3 is 2.59 bits per heavy atom. The third kappa shape index (κ3) is 5.13. The molecule has 0 aliphatic heterocycles. The first-order valence-electron chi connectivity index (χ1n) is 7.19. The maximum Gasteiger partial charge on any atom is 0.273 e. The van der Waals surface area contributed by atoms with Gasteiger partial charge in [-0.1, -0.05) is 29.8 Å². The summed E-state index contributed by atoms with van der Waals surface area (Å²) >= 11 is 0. The van der Waals surface area contributed by atoms with Gasteiger partial charge in [-0.2, -0.15) is 0 Å². The molecule has 1 heterocycles. The van der Waals surface area contributed by atoms with Gasteiger partial charge in [0, 0.05) is 13.1 Å². The molecule has 6 nitrogen and oxygen atoms in total. The van der Waals surface area contributed by atoms with Crippen molar-refractivity contribution in [1.29, 1.82) is 0 Å². The lowest BCUT2D eigenvalue weighted by Gasteiger charge is -2.03. The van der Waals surface area contributed by atoms with Crippen LogP contribution in [0.4, 0.5) is 0 Å². The number of halogens is 1. The average Bonchev–Trinajstić information content (AvgIpc) is 2.97. The highest BCUT2D eigenvalue weighted by Gasteiger charge is 2.10. The molecule has 0 saturated carbocycles. The number of hydrogen-bond donors (Lipinski definition) is 2. The lowest BCUT2D eigenvalue weighted by molar-refractivity contribution is 0.0949. The summed E-state index contributed by atoms with van der Waals surface area (Å²) in [5.41, 5.74) is 2.39. The molecular formula is C15H22ClN5O. The number of hydrogen-bond acceptors (Lipinski definition) is 4. The number of carbonyl (C=O) groups excluding carboxylic acids is 1. The first-order chi connectivity index (χ1) is 10.2. The van der Waals surface area contributed by atoms with Crippen LogP contribution in [0, 0.1) is 6.92 Å². The van der Waals surface area contributed by atoms with E-state index in [4.69, 9.17) is 0 Å². The first-order valence-corrected chi connectivity index (χ1v) is 7.19. The molecule has 0 radical (unpaired) electrons. The van der Waals surface area contributed by atoms with Gasteiger partial charge in [-0.15, -0.1) is 17.5 Å². The van der Waals surface area contributed by atoms with Crippen LogP contribution < -0.4 is 10.6 Å². The molecule has 1 amide bonds. The van der Waals surface area contributed by atoms with Crippen LogP contribution in [0.5, 0.6) is 0 Å². The maximum absolute atomic E-state index is 11.9. The van der Waals surface area contributed by atoms with Crippen molar-refractivity contribution in [2.45, 2.75) is 20.3 Å². The lowest BCUT2D eigenvalue weighted by Crippen LogP contribution is -2.32. The molecule has 0 aliphatic carbocycles. The fourth-order valence-electron chi connectivity index (χ4n) is 1.85. The standard InChI is InChI=1S/C15H21N5O.ClH/c1-3-8-16-9-10-17-15(21)14-11-20(19-18-14)13-6-4-12(2)5-7-13;/h4-7,11,16H,3,8-10H2,1-2H3,(H,17,21);1H. The highest BCUT2D eigenvalue weighted by molar-refractivity contribution is 5.91. The van der Waals surface area contributed by atoms with E-state index in [0.717, 1.165) is 25.2 Å². The predicted octanol–water partition coefficient (Wildman–Crippen LogP) is 1.73. The number of aryl methyl sites for hydroxylation is 1. The molecular weight excluding hydrogens is 302 g/mol. The van der Waals surface area contributed by atoms with Gasteiger partial charge in [0.2, 0.25) is 0 Å². The molecule has 2 aromatic rings. The molecule has 0 atom stereocenters. The number of benzene rings is 1. The second-order valence-corrected chi connectivity index (χ2v) is 4.89. The molecule has 0 saturated heterocycles. The van der Waals surface area contributed by atoms with Gasteiger partial charge < -0.3 is 10.6 Å². The summed E-state index contributed by atoms with van der Waals surface area (Å²) in [6, 6.07) is 7.88. The Morgan fingerprint density at radius 2 is 1.91 bits per heavy atom. The molecule has 120 valence electrons. The van der Waals surface area contributed by atoms with E-state index in [9.17, 15) is 4.79 Å². The zero-order chi connectivity index (χ0) is 15.1. The summed E-state index contributed by atoms with van der Waals surface area (Å²) in [5, 5.41) is 13.9. The Kier molecular flexibility index (Phi) is 7.56. The molecule has 0 bridgehead atoms. The van der Waals surface area contributed by atoms with Crippen LogP contribution in [0.2, 0.25) is 0 Å². The topological polar surface area (TPSA) is 71.8 Å². The summed E-state index contributed by atoms with van der Waals surface area (Å²) in [4.78, 5) is 11.9. The van der Waals surface area contributed by atoms with Crippen molar-refractivity contribution in [2.75, 3.05) is 19.6 Å². The Bertz CT molecular complexity index is 582. The largest absolute Gasteiger partial charge is 0.349 e. The molecule has 2 N–H and O–H groups in total. The minimum Gasteiger partial charge on any atom is -0.349 e. The number of rotatable bonds is 7. The van der Waals surface area contributed by atoms with Crippen molar-refractivity contribution >= 4 is 18.3 Å². The summed E-state index contributed by atoms with van der Waals surface area (Å²) in [6.07, 6.45) is 2.72. The van der Waals surface area contributed by atoms with Crippen molar-refractivity contribution in [1.82, 2.24) is 25.6 Å². The van der Waals surface area contributed by atoms with E-state index in [1.54, 1.807) is 10.9 Å². The third-order valence-corrected chi connectivity index (χ3v) is 3.04. The molecule has 22 heavy (non-hydrogen) atoms. The number of nitrogens with zero attached hydrogens (tertiary/aromatic N) is 3. The quantitative estimate of drug-likeness (QED) is 0.761. The van der Waals surface area contributed by atoms with Crippen molar-refractivity contribution in [3.8, 4) is 5.69 Å². The van der Waals surface area contributed by atoms with Crippen LogP contribution in [0.15, 0.2) is 30.5 Å². The van der Waals surface area contributed by atoms with Crippen LogP contribution in [-0.4, -0.2) is 40.5 Å². The van der Waals surface area contributed by atoms with Gasteiger partial charge in [0.1, 0.15) is 0 Å². The average molecular weight is 324 g/mol. The van der Waals surface area contributed by atoms with Crippen molar-refractivity contribution in [2.24, 2.45) is 0 Å². The van der Waals surface area contributed by atoms with E-state index in [1.165, 1.54) is 5.56 Å². The Labute approximate surface area is 136 Å². The summed E-state index contributed by atoms with van der Waals surface area (Å²) < 4.78 is 1.60.